The number of benzene rings is 3. The number of aliphatic imine (C=N–C) groups is 1. The molecule has 1 aliphatic rings. The van der Waals surface area contributed by atoms with Crippen LogP contribution < -0.4 is 9.47 Å². The van der Waals surface area contributed by atoms with Crippen LogP contribution in [0.2, 0.25) is 5.02 Å². The van der Waals surface area contributed by atoms with Gasteiger partial charge in [-0.2, -0.15) is 0 Å². The fraction of sp³-hybridized carbons (Fsp3) is 0.154. The molecule has 32 heavy (non-hydrogen) atoms. The Hall–Kier alpha value is -3.57. The topological polar surface area (TPSA) is 57.1 Å². The van der Waals surface area contributed by atoms with Gasteiger partial charge in [0.25, 0.3) is 0 Å². The summed E-state index contributed by atoms with van der Waals surface area (Å²) in [5.41, 5.74) is 3.82. The van der Waals surface area contributed by atoms with Crippen LogP contribution in [-0.2, 0) is 16.1 Å². The summed E-state index contributed by atoms with van der Waals surface area (Å²) in [7, 11) is 0. The van der Waals surface area contributed by atoms with Crippen molar-refractivity contribution in [1.82, 2.24) is 0 Å². The molecule has 0 radical (unpaired) electrons. The molecule has 1 heterocycles. The van der Waals surface area contributed by atoms with E-state index in [0.717, 1.165) is 22.3 Å². The van der Waals surface area contributed by atoms with Crippen LogP contribution >= 0.6 is 11.6 Å². The van der Waals surface area contributed by atoms with Crippen molar-refractivity contribution in [3.63, 3.8) is 0 Å². The molecule has 162 valence electrons. The first-order valence-corrected chi connectivity index (χ1v) is 10.6. The largest absolute Gasteiger partial charge is 0.490 e. The first-order valence-electron chi connectivity index (χ1n) is 10.3. The molecule has 0 saturated carbocycles. The van der Waals surface area contributed by atoms with Crippen LogP contribution in [0.3, 0.4) is 0 Å². The molecular weight excluding hydrogens is 426 g/mol. The minimum absolute atomic E-state index is 0.232. The number of carbonyl (C=O) groups is 1. The lowest BCUT2D eigenvalue weighted by Gasteiger charge is -2.13. The van der Waals surface area contributed by atoms with Crippen molar-refractivity contribution in [2.45, 2.75) is 20.5 Å². The summed E-state index contributed by atoms with van der Waals surface area (Å²) in [6, 6.07) is 20.6. The lowest BCUT2D eigenvalue weighted by molar-refractivity contribution is -0.129. The van der Waals surface area contributed by atoms with Crippen molar-refractivity contribution >= 4 is 29.5 Å². The lowest BCUT2D eigenvalue weighted by Crippen LogP contribution is -2.05. The molecule has 0 saturated heterocycles. The van der Waals surface area contributed by atoms with Gasteiger partial charge in [0.15, 0.2) is 17.2 Å². The first kappa shape index (κ1) is 21.7. The molecule has 0 bridgehead atoms. The second kappa shape index (κ2) is 9.71. The summed E-state index contributed by atoms with van der Waals surface area (Å²) in [4.78, 5) is 16.7. The number of hydrogen-bond acceptors (Lipinski definition) is 5. The number of ether oxygens (including phenoxy) is 3. The van der Waals surface area contributed by atoms with Gasteiger partial charge in [-0.05, 0) is 67.4 Å². The minimum atomic E-state index is -0.486. The molecule has 0 aliphatic carbocycles. The van der Waals surface area contributed by atoms with E-state index in [1.807, 2.05) is 80.6 Å². The van der Waals surface area contributed by atoms with Crippen LogP contribution in [0.1, 0.15) is 29.2 Å². The highest BCUT2D eigenvalue weighted by molar-refractivity contribution is 6.30. The van der Waals surface area contributed by atoms with Gasteiger partial charge >= 0.3 is 5.97 Å². The zero-order valence-corrected chi connectivity index (χ0v) is 18.6. The van der Waals surface area contributed by atoms with Crippen LogP contribution in [0.5, 0.6) is 11.5 Å². The van der Waals surface area contributed by atoms with E-state index >= 15 is 0 Å². The van der Waals surface area contributed by atoms with E-state index in [1.165, 1.54) is 0 Å². The Balaban J connectivity index is 1.55. The third-order valence-corrected chi connectivity index (χ3v) is 5.01. The van der Waals surface area contributed by atoms with Crippen LogP contribution in [0.15, 0.2) is 77.4 Å². The lowest BCUT2D eigenvalue weighted by atomic mass is 10.1. The van der Waals surface area contributed by atoms with Crippen LogP contribution in [0, 0.1) is 6.92 Å². The molecule has 0 amide bonds. The van der Waals surface area contributed by atoms with Crippen molar-refractivity contribution in [3.8, 4) is 11.5 Å². The van der Waals surface area contributed by atoms with Gasteiger partial charge in [0.1, 0.15) is 6.61 Å². The van der Waals surface area contributed by atoms with Gasteiger partial charge in [-0.1, -0.05) is 47.5 Å². The highest BCUT2D eigenvalue weighted by atomic mass is 35.5. The molecular formula is C26H22ClNO4. The smallest absolute Gasteiger partial charge is 0.363 e. The number of esters is 1. The van der Waals surface area contributed by atoms with Gasteiger partial charge < -0.3 is 14.2 Å². The third kappa shape index (κ3) is 5.18. The summed E-state index contributed by atoms with van der Waals surface area (Å²) in [5, 5.41) is 0.659. The van der Waals surface area contributed by atoms with Gasteiger partial charge in [-0.15, -0.1) is 0 Å². The van der Waals surface area contributed by atoms with E-state index in [4.69, 9.17) is 25.8 Å². The molecule has 0 spiro atoms. The van der Waals surface area contributed by atoms with Crippen molar-refractivity contribution < 1.29 is 19.0 Å². The molecule has 0 unspecified atom stereocenters. The summed E-state index contributed by atoms with van der Waals surface area (Å²) >= 11 is 6.04. The number of halogens is 1. The van der Waals surface area contributed by atoms with Crippen LogP contribution in [-0.4, -0.2) is 18.5 Å². The van der Waals surface area contributed by atoms with E-state index < -0.39 is 5.97 Å². The maximum Gasteiger partial charge on any atom is 0.363 e. The summed E-state index contributed by atoms with van der Waals surface area (Å²) in [6.07, 6.45) is 1.67. The van der Waals surface area contributed by atoms with Crippen LogP contribution in [0.25, 0.3) is 6.08 Å². The average molecular weight is 448 g/mol. The number of carbonyl (C=O) groups excluding carboxylic acids is 1. The molecule has 0 N–H and O–H groups in total. The standard InChI is InChI=1S/C26H22ClNO4/c1-3-30-24-15-18(9-12-23(24)31-16-19-5-4-6-21(27)13-19)14-22-26(29)32-25(28-22)20-10-7-17(2)8-11-20/h4-15H,3,16H2,1-2H3/b22-14-. The Kier molecular flexibility index (Phi) is 6.57. The zero-order chi connectivity index (χ0) is 22.5. The Labute approximate surface area is 191 Å². The van der Waals surface area contributed by atoms with Gasteiger partial charge in [0.05, 0.1) is 6.61 Å². The normalized spacial score (nSPS) is 14.3. The monoisotopic (exact) mass is 447 g/mol. The van der Waals surface area contributed by atoms with E-state index in [-0.39, 0.29) is 5.70 Å². The molecule has 4 rings (SSSR count). The molecule has 1 aliphatic heterocycles. The molecule has 0 fully saturated rings. The Morgan fingerprint density at radius 2 is 1.81 bits per heavy atom. The highest BCUT2D eigenvalue weighted by Gasteiger charge is 2.24. The second-order valence-electron chi connectivity index (χ2n) is 7.26. The number of cyclic esters (lactones) is 1. The summed E-state index contributed by atoms with van der Waals surface area (Å²) < 4.78 is 17.0. The van der Waals surface area contributed by atoms with Crippen molar-refractivity contribution in [1.29, 1.82) is 0 Å². The number of rotatable bonds is 7. The van der Waals surface area contributed by atoms with Crippen LogP contribution in [0.4, 0.5) is 0 Å². The molecule has 0 aromatic heterocycles. The Morgan fingerprint density at radius 1 is 1.00 bits per heavy atom. The van der Waals surface area contributed by atoms with Gasteiger partial charge in [0.2, 0.25) is 5.90 Å². The molecule has 6 heteroatoms. The first-order chi connectivity index (χ1) is 15.5. The van der Waals surface area contributed by atoms with Gasteiger partial charge in [-0.25, -0.2) is 9.79 Å². The minimum Gasteiger partial charge on any atom is -0.490 e. The molecule has 0 atom stereocenters. The Morgan fingerprint density at radius 3 is 2.56 bits per heavy atom. The molecule has 5 nitrogen and oxygen atoms in total. The van der Waals surface area contributed by atoms with Gasteiger partial charge in [-0.3, -0.25) is 0 Å². The molecule has 3 aromatic carbocycles. The number of nitrogens with zero attached hydrogens (tertiary/aromatic N) is 1. The average Bonchev–Trinajstić information content (AvgIpc) is 3.14. The van der Waals surface area contributed by atoms with E-state index in [1.54, 1.807) is 6.08 Å². The fourth-order valence-electron chi connectivity index (χ4n) is 3.18. The van der Waals surface area contributed by atoms with E-state index in [9.17, 15) is 4.79 Å². The van der Waals surface area contributed by atoms with Crippen molar-refractivity contribution in [3.05, 3.63) is 99.7 Å². The zero-order valence-electron chi connectivity index (χ0n) is 17.8. The SMILES string of the molecule is CCOc1cc(/C=C2\N=C(c3ccc(C)cc3)OC2=O)ccc1OCc1cccc(Cl)c1. The quantitative estimate of drug-likeness (QED) is 0.330. The molecule has 3 aromatic rings. The predicted octanol–water partition coefficient (Wildman–Crippen LogP) is 5.97. The predicted molar refractivity (Wildman–Crippen MR) is 125 cm³/mol. The Bertz CT molecular complexity index is 1200. The summed E-state index contributed by atoms with van der Waals surface area (Å²) in [6.45, 7) is 4.73. The van der Waals surface area contributed by atoms with E-state index in [0.29, 0.717) is 35.6 Å². The third-order valence-electron chi connectivity index (χ3n) is 4.77. The van der Waals surface area contributed by atoms with E-state index in [2.05, 4.69) is 4.99 Å². The fourth-order valence-corrected chi connectivity index (χ4v) is 3.39. The van der Waals surface area contributed by atoms with Crippen molar-refractivity contribution in [2.24, 2.45) is 4.99 Å². The van der Waals surface area contributed by atoms with Gasteiger partial charge in [0, 0.05) is 10.6 Å². The second-order valence-corrected chi connectivity index (χ2v) is 7.70. The van der Waals surface area contributed by atoms with Crippen molar-refractivity contribution in [2.75, 3.05) is 6.61 Å². The summed E-state index contributed by atoms with van der Waals surface area (Å²) in [5.74, 6) is 0.998. The highest BCUT2D eigenvalue weighted by Crippen LogP contribution is 2.31. The maximum atomic E-state index is 12.3. The maximum absolute atomic E-state index is 12.3. The number of hydrogen-bond donors (Lipinski definition) is 0. The number of aryl methyl sites for hydroxylation is 1.